The first-order valence-electron chi connectivity index (χ1n) is 8.57. The Morgan fingerprint density at radius 3 is 2.56 bits per heavy atom. The summed E-state index contributed by atoms with van der Waals surface area (Å²) < 4.78 is 7.15. The number of anilines is 1. The van der Waals surface area contributed by atoms with Crippen LogP contribution in [0.15, 0.2) is 45.8 Å². The van der Waals surface area contributed by atoms with E-state index in [0.717, 1.165) is 32.6 Å². The predicted molar refractivity (Wildman–Crippen MR) is 121 cm³/mol. The third kappa shape index (κ3) is 4.45. The van der Waals surface area contributed by atoms with Crippen LogP contribution in [-0.2, 0) is 4.79 Å². The molecule has 0 radical (unpaired) electrons. The van der Waals surface area contributed by atoms with Crippen LogP contribution in [0.2, 0.25) is 0 Å². The van der Waals surface area contributed by atoms with Gasteiger partial charge in [-0.15, -0.1) is 0 Å². The Bertz CT molecular complexity index is 953. The Balaban J connectivity index is 1.89. The highest BCUT2D eigenvalue weighted by molar-refractivity contribution is 9.10. The molecule has 27 heavy (non-hydrogen) atoms. The minimum atomic E-state index is -0.0874. The van der Waals surface area contributed by atoms with Gasteiger partial charge in [-0.05, 0) is 79.0 Å². The van der Waals surface area contributed by atoms with Crippen molar-refractivity contribution in [2.75, 3.05) is 4.90 Å². The zero-order chi connectivity index (χ0) is 19.7. The third-order valence-corrected chi connectivity index (χ3v) is 5.93. The van der Waals surface area contributed by atoms with Crippen LogP contribution < -0.4 is 9.64 Å². The molecule has 6 heteroatoms. The standard InChI is InChI=1S/C21H20BrNO2S2/c1-12(2)25-18-8-6-15(10-16(18)22)11-19-20(24)23(21(26)27-19)17-7-5-13(3)9-14(17)4/h5-12H,1-4H3/b19-11+. The fourth-order valence-corrected chi connectivity index (χ4v) is 4.61. The van der Waals surface area contributed by atoms with Crippen molar-refractivity contribution in [3.8, 4) is 5.75 Å². The molecule has 0 saturated carbocycles. The zero-order valence-corrected chi connectivity index (χ0v) is 18.8. The number of amides is 1. The number of nitrogens with zero attached hydrogens (tertiary/aromatic N) is 1. The van der Waals surface area contributed by atoms with Crippen molar-refractivity contribution < 1.29 is 9.53 Å². The molecule has 0 N–H and O–H groups in total. The van der Waals surface area contributed by atoms with Gasteiger partial charge in [-0.1, -0.05) is 47.7 Å². The van der Waals surface area contributed by atoms with E-state index in [4.69, 9.17) is 17.0 Å². The molecule has 3 nitrogen and oxygen atoms in total. The molecule has 1 aliphatic rings. The lowest BCUT2D eigenvalue weighted by molar-refractivity contribution is -0.113. The lowest BCUT2D eigenvalue weighted by Gasteiger charge is -2.17. The van der Waals surface area contributed by atoms with Gasteiger partial charge in [0.25, 0.3) is 5.91 Å². The first-order chi connectivity index (χ1) is 12.8. The molecule has 1 heterocycles. The minimum absolute atomic E-state index is 0.0874. The molecule has 1 saturated heterocycles. The predicted octanol–water partition coefficient (Wildman–Crippen LogP) is 6.26. The number of halogens is 1. The van der Waals surface area contributed by atoms with E-state index in [0.29, 0.717) is 9.23 Å². The van der Waals surface area contributed by atoms with Crippen molar-refractivity contribution in [2.24, 2.45) is 0 Å². The van der Waals surface area contributed by atoms with Gasteiger partial charge in [0.05, 0.1) is 21.2 Å². The molecule has 2 aromatic rings. The van der Waals surface area contributed by atoms with Gasteiger partial charge in [0.15, 0.2) is 4.32 Å². The molecule has 0 spiro atoms. The number of thioether (sulfide) groups is 1. The Kier molecular flexibility index (Phi) is 6.08. The van der Waals surface area contributed by atoms with Gasteiger partial charge in [0.2, 0.25) is 0 Å². The molecule has 1 aliphatic heterocycles. The van der Waals surface area contributed by atoms with E-state index in [9.17, 15) is 4.79 Å². The number of carbonyl (C=O) groups excluding carboxylic acids is 1. The van der Waals surface area contributed by atoms with E-state index in [1.165, 1.54) is 11.8 Å². The van der Waals surface area contributed by atoms with Gasteiger partial charge >= 0.3 is 0 Å². The van der Waals surface area contributed by atoms with Crippen molar-refractivity contribution in [1.29, 1.82) is 0 Å². The number of ether oxygens (including phenoxy) is 1. The summed E-state index contributed by atoms with van der Waals surface area (Å²) in [6.07, 6.45) is 1.97. The summed E-state index contributed by atoms with van der Waals surface area (Å²) >= 11 is 10.3. The van der Waals surface area contributed by atoms with E-state index >= 15 is 0 Å². The van der Waals surface area contributed by atoms with Gasteiger partial charge < -0.3 is 4.74 Å². The maximum Gasteiger partial charge on any atom is 0.270 e. The average molecular weight is 462 g/mol. The molecule has 0 atom stereocenters. The monoisotopic (exact) mass is 461 g/mol. The molecule has 3 rings (SSSR count). The Morgan fingerprint density at radius 2 is 1.93 bits per heavy atom. The smallest absolute Gasteiger partial charge is 0.270 e. The zero-order valence-electron chi connectivity index (χ0n) is 15.6. The first-order valence-corrected chi connectivity index (χ1v) is 10.6. The highest BCUT2D eigenvalue weighted by Gasteiger charge is 2.34. The number of carbonyl (C=O) groups is 1. The van der Waals surface area contributed by atoms with Gasteiger partial charge in [-0.2, -0.15) is 0 Å². The second-order valence-electron chi connectivity index (χ2n) is 6.66. The summed E-state index contributed by atoms with van der Waals surface area (Å²) in [5.41, 5.74) is 3.95. The number of aryl methyl sites for hydroxylation is 2. The fourth-order valence-electron chi connectivity index (χ4n) is 2.84. The van der Waals surface area contributed by atoms with Crippen LogP contribution in [0.25, 0.3) is 6.08 Å². The quantitative estimate of drug-likeness (QED) is 0.396. The number of rotatable bonds is 4. The minimum Gasteiger partial charge on any atom is -0.490 e. The molecule has 140 valence electrons. The van der Waals surface area contributed by atoms with Gasteiger partial charge in [0.1, 0.15) is 5.75 Å². The molecule has 0 bridgehead atoms. The molecule has 0 aromatic heterocycles. The van der Waals surface area contributed by atoms with Gasteiger partial charge in [-0.3, -0.25) is 9.69 Å². The van der Waals surface area contributed by atoms with Crippen LogP contribution in [0.1, 0.15) is 30.5 Å². The summed E-state index contributed by atoms with van der Waals surface area (Å²) in [5, 5.41) is 0. The van der Waals surface area contributed by atoms with E-state index < -0.39 is 0 Å². The van der Waals surface area contributed by atoms with E-state index in [2.05, 4.69) is 22.0 Å². The van der Waals surface area contributed by atoms with Crippen LogP contribution in [0.5, 0.6) is 5.75 Å². The van der Waals surface area contributed by atoms with Crippen molar-refractivity contribution in [3.05, 3.63) is 62.5 Å². The number of hydrogen-bond acceptors (Lipinski definition) is 4. The Labute approximate surface area is 177 Å². The summed E-state index contributed by atoms with van der Waals surface area (Å²) in [7, 11) is 0. The number of hydrogen-bond donors (Lipinski definition) is 0. The topological polar surface area (TPSA) is 29.5 Å². The van der Waals surface area contributed by atoms with E-state index in [-0.39, 0.29) is 12.0 Å². The van der Waals surface area contributed by atoms with Crippen molar-refractivity contribution in [2.45, 2.75) is 33.8 Å². The maximum absolute atomic E-state index is 13.0. The average Bonchev–Trinajstić information content (AvgIpc) is 2.84. The van der Waals surface area contributed by atoms with Crippen LogP contribution in [0, 0.1) is 13.8 Å². The maximum atomic E-state index is 13.0. The van der Waals surface area contributed by atoms with Crippen molar-refractivity contribution >= 4 is 61.9 Å². The molecule has 1 fully saturated rings. The second kappa shape index (κ2) is 8.17. The molecule has 0 aliphatic carbocycles. The van der Waals surface area contributed by atoms with Crippen LogP contribution in [0.4, 0.5) is 5.69 Å². The normalized spacial score (nSPS) is 15.9. The van der Waals surface area contributed by atoms with Crippen molar-refractivity contribution in [1.82, 2.24) is 0 Å². The number of benzene rings is 2. The third-order valence-electron chi connectivity index (χ3n) is 4.00. The highest BCUT2D eigenvalue weighted by atomic mass is 79.9. The Hall–Kier alpha value is -1.63. The SMILES string of the molecule is Cc1ccc(N2C(=O)/C(=C\c3ccc(OC(C)C)c(Br)c3)SC2=S)c(C)c1. The molecule has 0 unspecified atom stereocenters. The molecule has 1 amide bonds. The first kappa shape index (κ1) is 20.1. The summed E-state index contributed by atoms with van der Waals surface area (Å²) in [5.74, 6) is 0.695. The molecular formula is C21H20BrNO2S2. The van der Waals surface area contributed by atoms with Crippen molar-refractivity contribution in [3.63, 3.8) is 0 Å². The summed E-state index contributed by atoms with van der Waals surface area (Å²) in [4.78, 5) is 15.2. The van der Waals surface area contributed by atoms with Gasteiger partial charge in [-0.25, -0.2) is 0 Å². The number of thiocarbonyl (C=S) groups is 1. The van der Waals surface area contributed by atoms with E-state index in [1.807, 2.05) is 64.1 Å². The van der Waals surface area contributed by atoms with Crippen LogP contribution in [-0.4, -0.2) is 16.3 Å². The van der Waals surface area contributed by atoms with E-state index in [1.54, 1.807) is 4.90 Å². The summed E-state index contributed by atoms with van der Waals surface area (Å²) in [6, 6.07) is 11.8. The lowest BCUT2D eigenvalue weighted by Crippen LogP contribution is -2.28. The highest BCUT2D eigenvalue weighted by Crippen LogP contribution is 2.38. The fraction of sp³-hybridized carbons (Fsp3) is 0.238. The lowest BCUT2D eigenvalue weighted by atomic mass is 10.1. The van der Waals surface area contributed by atoms with Crippen LogP contribution in [0.3, 0.4) is 0 Å². The molecule has 2 aromatic carbocycles. The van der Waals surface area contributed by atoms with Crippen LogP contribution >= 0.6 is 39.9 Å². The Morgan fingerprint density at radius 1 is 1.19 bits per heavy atom. The molecular weight excluding hydrogens is 442 g/mol. The second-order valence-corrected chi connectivity index (χ2v) is 9.19. The van der Waals surface area contributed by atoms with Gasteiger partial charge in [0, 0.05) is 0 Å². The largest absolute Gasteiger partial charge is 0.490 e. The summed E-state index contributed by atoms with van der Waals surface area (Å²) in [6.45, 7) is 8.00.